The molecule has 15 heavy (non-hydrogen) atoms. The molecule has 1 aromatic heterocycles. The van der Waals surface area contributed by atoms with Crippen LogP contribution in [0.15, 0.2) is 22.8 Å². The van der Waals surface area contributed by atoms with Crippen molar-refractivity contribution in [3.8, 4) is 0 Å². The predicted octanol–water partition coefficient (Wildman–Crippen LogP) is 3.41. The lowest BCUT2D eigenvalue weighted by atomic mass is 9.93. The average Bonchev–Trinajstić information content (AvgIpc) is 2.64. The van der Waals surface area contributed by atoms with Crippen LogP contribution in [0, 0.1) is 5.92 Å². The monoisotopic (exact) mass is 209 g/mol. The van der Waals surface area contributed by atoms with E-state index in [4.69, 9.17) is 4.42 Å². The Kier molecular flexibility index (Phi) is 3.97. The van der Waals surface area contributed by atoms with Gasteiger partial charge in [-0.25, -0.2) is 0 Å². The minimum Gasteiger partial charge on any atom is -0.469 e. The maximum atomic E-state index is 5.42. The van der Waals surface area contributed by atoms with Crippen LogP contribution in [0.25, 0.3) is 0 Å². The summed E-state index contributed by atoms with van der Waals surface area (Å²) in [4.78, 5) is 0. The zero-order valence-electron chi connectivity index (χ0n) is 10.5. The van der Waals surface area contributed by atoms with E-state index in [0.29, 0.717) is 11.8 Å². The van der Waals surface area contributed by atoms with Crippen molar-refractivity contribution >= 4 is 0 Å². The molecule has 0 amide bonds. The predicted molar refractivity (Wildman–Crippen MR) is 64.0 cm³/mol. The average molecular weight is 209 g/mol. The van der Waals surface area contributed by atoms with Gasteiger partial charge in [0.2, 0.25) is 0 Å². The highest BCUT2D eigenvalue weighted by Gasteiger charge is 2.18. The summed E-state index contributed by atoms with van der Waals surface area (Å²) >= 11 is 0. The van der Waals surface area contributed by atoms with Gasteiger partial charge in [0.25, 0.3) is 0 Å². The molecular weight excluding hydrogens is 186 g/mol. The van der Waals surface area contributed by atoms with Crippen molar-refractivity contribution in [2.75, 3.05) is 6.54 Å². The highest BCUT2D eigenvalue weighted by atomic mass is 16.3. The van der Waals surface area contributed by atoms with E-state index in [1.54, 1.807) is 6.26 Å². The van der Waals surface area contributed by atoms with E-state index in [1.807, 2.05) is 6.07 Å². The van der Waals surface area contributed by atoms with Crippen LogP contribution >= 0.6 is 0 Å². The lowest BCUT2D eigenvalue weighted by Gasteiger charge is -2.25. The molecule has 0 aliphatic carbocycles. The molecule has 1 heterocycles. The third kappa shape index (κ3) is 4.08. The molecule has 0 fully saturated rings. The highest BCUT2D eigenvalue weighted by molar-refractivity contribution is 5.05. The van der Waals surface area contributed by atoms with Gasteiger partial charge in [-0.2, -0.15) is 0 Å². The Bertz CT molecular complexity index is 271. The molecule has 2 nitrogen and oxygen atoms in total. The second kappa shape index (κ2) is 4.84. The molecule has 0 aliphatic heterocycles. The minimum atomic E-state index is 0.192. The van der Waals surface area contributed by atoms with Crippen molar-refractivity contribution in [3.63, 3.8) is 0 Å². The number of nitrogens with one attached hydrogen (secondary N) is 1. The first kappa shape index (κ1) is 12.3. The summed E-state index contributed by atoms with van der Waals surface area (Å²) in [5.41, 5.74) is 0.192. The Hall–Kier alpha value is -0.760. The summed E-state index contributed by atoms with van der Waals surface area (Å²) in [6.07, 6.45) is 1.75. The number of furan rings is 1. The first-order valence-corrected chi connectivity index (χ1v) is 5.68. The zero-order chi connectivity index (χ0) is 11.5. The number of rotatable bonds is 4. The molecule has 86 valence electrons. The van der Waals surface area contributed by atoms with Crippen LogP contribution in [0.4, 0.5) is 0 Å². The lowest BCUT2D eigenvalue weighted by Crippen LogP contribution is -2.39. The van der Waals surface area contributed by atoms with Crippen molar-refractivity contribution in [1.82, 2.24) is 5.32 Å². The molecule has 1 rings (SSSR count). The molecule has 1 aromatic rings. The molecule has 0 aromatic carbocycles. The maximum Gasteiger partial charge on any atom is 0.106 e. The van der Waals surface area contributed by atoms with Gasteiger partial charge in [-0.05, 0) is 45.4 Å². The summed E-state index contributed by atoms with van der Waals surface area (Å²) in [6.45, 7) is 12.1. The van der Waals surface area contributed by atoms with Crippen LogP contribution in [0.1, 0.15) is 46.3 Å². The van der Waals surface area contributed by atoms with E-state index in [2.05, 4.69) is 46.0 Å². The fraction of sp³-hybridized carbons (Fsp3) is 0.692. The third-order valence-corrected chi connectivity index (χ3v) is 2.80. The molecule has 1 N–H and O–H groups in total. The number of hydrogen-bond donors (Lipinski definition) is 1. The van der Waals surface area contributed by atoms with Gasteiger partial charge < -0.3 is 9.73 Å². The molecule has 2 heteroatoms. The van der Waals surface area contributed by atoms with E-state index in [9.17, 15) is 0 Å². The maximum absolute atomic E-state index is 5.42. The van der Waals surface area contributed by atoms with E-state index in [1.165, 1.54) is 0 Å². The standard InChI is InChI=1S/C13H23NO/c1-10(9-14-13(3,4)5)11(2)12-7-6-8-15-12/h6-8,10-11,14H,9H2,1-5H3. The molecule has 0 radical (unpaired) electrons. The third-order valence-electron chi connectivity index (χ3n) is 2.80. The molecule has 0 spiro atoms. The van der Waals surface area contributed by atoms with Crippen molar-refractivity contribution < 1.29 is 4.42 Å². The van der Waals surface area contributed by atoms with Crippen molar-refractivity contribution in [2.24, 2.45) is 5.92 Å². The first-order valence-electron chi connectivity index (χ1n) is 5.68. The Morgan fingerprint density at radius 1 is 1.33 bits per heavy atom. The molecule has 2 unspecified atom stereocenters. The fourth-order valence-corrected chi connectivity index (χ4v) is 1.47. The Morgan fingerprint density at radius 2 is 2.00 bits per heavy atom. The van der Waals surface area contributed by atoms with Gasteiger partial charge in [-0.3, -0.25) is 0 Å². The van der Waals surface area contributed by atoms with Crippen molar-refractivity contribution in [2.45, 2.75) is 46.1 Å². The molecule has 2 atom stereocenters. The van der Waals surface area contributed by atoms with Crippen LogP contribution in [0.3, 0.4) is 0 Å². The van der Waals surface area contributed by atoms with E-state index >= 15 is 0 Å². The van der Waals surface area contributed by atoms with Crippen LogP contribution in [-0.2, 0) is 0 Å². The largest absolute Gasteiger partial charge is 0.469 e. The molecule has 0 saturated carbocycles. The van der Waals surface area contributed by atoms with E-state index in [0.717, 1.165) is 12.3 Å². The smallest absolute Gasteiger partial charge is 0.106 e. The zero-order valence-corrected chi connectivity index (χ0v) is 10.5. The van der Waals surface area contributed by atoms with Gasteiger partial charge in [0.15, 0.2) is 0 Å². The second-order valence-corrected chi connectivity index (χ2v) is 5.41. The van der Waals surface area contributed by atoms with E-state index in [-0.39, 0.29) is 5.54 Å². The summed E-state index contributed by atoms with van der Waals surface area (Å²) in [7, 11) is 0. The van der Waals surface area contributed by atoms with Gasteiger partial charge in [0.1, 0.15) is 5.76 Å². The van der Waals surface area contributed by atoms with Gasteiger partial charge in [0.05, 0.1) is 6.26 Å². The normalized spacial score (nSPS) is 16.3. The summed E-state index contributed by atoms with van der Waals surface area (Å²) in [5, 5.41) is 3.52. The quantitative estimate of drug-likeness (QED) is 0.822. The molecule has 0 saturated heterocycles. The fourth-order valence-electron chi connectivity index (χ4n) is 1.47. The molecule has 0 aliphatic rings. The SMILES string of the molecule is CC(CNC(C)(C)C)C(C)c1ccco1. The topological polar surface area (TPSA) is 25.2 Å². The summed E-state index contributed by atoms with van der Waals surface area (Å²) < 4.78 is 5.42. The van der Waals surface area contributed by atoms with Crippen LogP contribution in [0.2, 0.25) is 0 Å². The van der Waals surface area contributed by atoms with Gasteiger partial charge in [-0.1, -0.05) is 13.8 Å². The Labute approximate surface area is 93.1 Å². The van der Waals surface area contributed by atoms with Crippen LogP contribution < -0.4 is 5.32 Å². The molecular formula is C13H23NO. The number of hydrogen-bond acceptors (Lipinski definition) is 2. The molecule has 0 bridgehead atoms. The summed E-state index contributed by atoms with van der Waals surface area (Å²) in [6, 6.07) is 4.01. The Balaban J connectivity index is 2.44. The van der Waals surface area contributed by atoms with Gasteiger partial charge >= 0.3 is 0 Å². The second-order valence-electron chi connectivity index (χ2n) is 5.41. The van der Waals surface area contributed by atoms with Crippen LogP contribution in [0.5, 0.6) is 0 Å². The first-order chi connectivity index (χ1) is 6.90. The van der Waals surface area contributed by atoms with E-state index < -0.39 is 0 Å². The van der Waals surface area contributed by atoms with Gasteiger partial charge in [-0.15, -0.1) is 0 Å². The summed E-state index contributed by atoms with van der Waals surface area (Å²) in [5.74, 6) is 2.13. The Morgan fingerprint density at radius 3 is 2.47 bits per heavy atom. The highest BCUT2D eigenvalue weighted by Crippen LogP contribution is 2.24. The van der Waals surface area contributed by atoms with Crippen molar-refractivity contribution in [1.29, 1.82) is 0 Å². The van der Waals surface area contributed by atoms with Crippen molar-refractivity contribution in [3.05, 3.63) is 24.2 Å². The minimum absolute atomic E-state index is 0.192. The van der Waals surface area contributed by atoms with Gasteiger partial charge in [0, 0.05) is 11.5 Å². The van der Waals surface area contributed by atoms with Crippen LogP contribution in [-0.4, -0.2) is 12.1 Å². The lowest BCUT2D eigenvalue weighted by molar-refractivity contribution is 0.334.